The molecule has 4 heteroatoms. The van der Waals surface area contributed by atoms with E-state index in [4.69, 9.17) is 5.73 Å². The Morgan fingerprint density at radius 2 is 1.57 bits per heavy atom. The van der Waals surface area contributed by atoms with Gasteiger partial charge in [0.15, 0.2) is 0 Å². The van der Waals surface area contributed by atoms with Crippen molar-refractivity contribution in [1.82, 2.24) is 0 Å². The van der Waals surface area contributed by atoms with Crippen LogP contribution in [0.4, 0.5) is 5.69 Å². The molecular weight excluding hydrogens is 308 g/mol. The van der Waals surface area contributed by atoms with E-state index < -0.39 is 0 Å². The van der Waals surface area contributed by atoms with Crippen LogP contribution in [0.2, 0.25) is 0 Å². The summed E-state index contributed by atoms with van der Waals surface area (Å²) in [5, 5.41) is 0. The van der Waals surface area contributed by atoms with Gasteiger partial charge < -0.3 is 10.6 Å². The average Bonchev–Trinajstić information content (AvgIpc) is 2.55. The molecule has 2 rings (SSSR count). The molecule has 1 atom stereocenters. The van der Waals surface area contributed by atoms with Crippen LogP contribution >= 0.6 is 12.4 Å². The third kappa shape index (κ3) is 5.08. The van der Waals surface area contributed by atoms with Crippen molar-refractivity contribution in [2.75, 3.05) is 11.9 Å². The fourth-order valence-corrected chi connectivity index (χ4v) is 2.37. The minimum Gasteiger partial charge on any atom is -0.324 e. The lowest BCUT2D eigenvalue weighted by Crippen LogP contribution is -2.29. The number of nitrogens with two attached hydrogens (primary N) is 1. The highest BCUT2D eigenvalue weighted by Crippen LogP contribution is 2.21. The van der Waals surface area contributed by atoms with Gasteiger partial charge in [-0.15, -0.1) is 12.4 Å². The predicted molar refractivity (Wildman–Crippen MR) is 99.2 cm³/mol. The standard InChI is InChI=1S/C19H24N2O.ClH/c1-14(2)15-9-11-17(12-10-15)21(3)19(22)13-18(20)16-7-5-4-6-8-16;/h4-12,14,18H,13,20H2,1-3H3;1H. The minimum absolute atomic E-state index is 0. The van der Waals surface area contributed by atoms with Crippen molar-refractivity contribution >= 4 is 24.0 Å². The summed E-state index contributed by atoms with van der Waals surface area (Å²) >= 11 is 0. The molecule has 0 aliphatic rings. The molecule has 0 radical (unpaired) electrons. The van der Waals surface area contributed by atoms with Gasteiger partial charge in [-0.25, -0.2) is 0 Å². The summed E-state index contributed by atoms with van der Waals surface area (Å²) in [7, 11) is 1.80. The quantitative estimate of drug-likeness (QED) is 0.888. The van der Waals surface area contributed by atoms with Gasteiger partial charge in [-0.1, -0.05) is 56.3 Å². The first-order chi connectivity index (χ1) is 10.5. The number of amides is 1. The Morgan fingerprint density at radius 3 is 2.09 bits per heavy atom. The molecule has 0 heterocycles. The lowest BCUT2D eigenvalue weighted by Gasteiger charge is -2.20. The zero-order valence-corrected chi connectivity index (χ0v) is 14.7. The molecule has 0 aliphatic carbocycles. The highest BCUT2D eigenvalue weighted by atomic mass is 35.5. The summed E-state index contributed by atoms with van der Waals surface area (Å²) in [6, 6.07) is 17.6. The van der Waals surface area contributed by atoms with Crippen molar-refractivity contribution in [3.63, 3.8) is 0 Å². The normalized spacial score (nSPS) is 11.7. The number of hydrogen-bond acceptors (Lipinski definition) is 2. The molecule has 0 saturated carbocycles. The van der Waals surface area contributed by atoms with Crippen molar-refractivity contribution in [1.29, 1.82) is 0 Å². The minimum atomic E-state index is -0.272. The molecule has 0 bridgehead atoms. The van der Waals surface area contributed by atoms with E-state index in [-0.39, 0.29) is 24.4 Å². The molecule has 2 aromatic carbocycles. The van der Waals surface area contributed by atoms with Crippen LogP contribution in [-0.2, 0) is 4.79 Å². The highest BCUT2D eigenvalue weighted by Gasteiger charge is 2.16. The average molecular weight is 333 g/mol. The molecule has 3 nitrogen and oxygen atoms in total. The van der Waals surface area contributed by atoms with Gasteiger partial charge in [0, 0.05) is 25.2 Å². The number of benzene rings is 2. The first-order valence-electron chi connectivity index (χ1n) is 7.66. The summed E-state index contributed by atoms with van der Waals surface area (Å²) in [5.74, 6) is 0.509. The van der Waals surface area contributed by atoms with E-state index in [1.807, 2.05) is 42.5 Å². The SMILES string of the molecule is CC(C)c1ccc(N(C)C(=O)CC(N)c2ccccc2)cc1.Cl. The van der Waals surface area contributed by atoms with Crippen LogP contribution in [0.25, 0.3) is 0 Å². The lowest BCUT2D eigenvalue weighted by atomic mass is 10.0. The molecule has 1 unspecified atom stereocenters. The molecule has 2 N–H and O–H groups in total. The van der Waals surface area contributed by atoms with Crippen LogP contribution in [0.1, 0.15) is 43.4 Å². The maximum Gasteiger partial charge on any atom is 0.228 e. The van der Waals surface area contributed by atoms with E-state index in [9.17, 15) is 4.79 Å². The Morgan fingerprint density at radius 1 is 1.00 bits per heavy atom. The van der Waals surface area contributed by atoms with E-state index in [1.165, 1.54) is 5.56 Å². The van der Waals surface area contributed by atoms with E-state index in [0.717, 1.165) is 11.3 Å². The van der Waals surface area contributed by atoms with Crippen LogP contribution in [0, 0.1) is 0 Å². The van der Waals surface area contributed by atoms with Gasteiger partial charge in [0.05, 0.1) is 0 Å². The Kier molecular flexibility index (Phi) is 7.27. The molecule has 1 amide bonds. The van der Waals surface area contributed by atoms with Crippen LogP contribution < -0.4 is 10.6 Å². The molecule has 0 aliphatic heterocycles. The first kappa shape index (κ1) is 19.2. The van der Waals surface area contributed by atoms with Gasteiger partial charge in [-0.3, -0.25) is 4.79 Å². The number of anilines is 1. The third-order valence-corrected chi connectivity index (χ3v) is 3.94. The number of nitrogens with zero attached hydrogens (tertiary/aromatic N) is 1. The number of hydrogen-bond donors (Lipinski definition) is 1. The van der Waals surface area contributed by atoms with Crippen molar-refractivity contribution in [3.05, 3.63) is 65.7 Å². The molecule has 2 aromatic rings. The van der Waals surface area contributed by atoms with Crippen molar-refractivity contribution < 1.29 is 4.79 Å². The molecule has 124 valence electrons. The van der Waals surface area contributed by atoms with Gasteiger partial charge in [0.1, 0.15) is 0 Å². The van der Waals surface area contributed by atoms with Crippen LogP contribution in [-0.4, -0.2) is 13.0 Å². The molecule has 0 saturated heterocycles. The fourth-order valence-electron chi connectivity index (χ4n) is 2.37. The Balaban J connectivity index is 0.00000264. The third-order valence-electron chi connectivity index (χ3n) is 3.94. The Labute approximate surface area is 144 Å². The lowest BCUT2D eigenvalue weighted by molar-refractivity contribution is -0.118. The Bertz CT molecular complexity index is 611. The van der Waals surface area contributed by atoms with Gasteiger partial charge in [-0.05, 0) is 29.2 Å². The first-order valence-corrected chi connectivity index (χ1v) is 7.66. The predicted octanol–water partition coefficient (Wildman–Crippen LogP) is 4.28. The molecule has 0 aromatic heterocycles. The molecular formula is C19H25ClN2O. The maximum absolute atomic E-state index is 12.4. The van der Waals surface area contributed by atoms with E-state index >= 15 is 0 Å². The number of halogens is 1. The zero-order valence-electron chi connectivity index (χ0n) is 13.9. The number of rotatable bonds is 5. The smallest absolute Gasteiger partial charge is 0.228 e. The summed E-state index contributed by atoms with van der Waals surface area (Å²) in [5.41, 5.74) is 9.28. The van der Waals surface area contributed by atoms with Gasteiger partial charge in [0.2, 0.25) is 5.91 Å². The molecule has 0 spiro atoms. The van der Waals surface area contributed by atoms with Crippen molar-refractivity contribution in [2.45, 2.75) is 32.2 Å². The van der Waals surface area contributed by atoms with E-state index in [2.05, 4.69) is 26.0 Å². The van der Waals surface area contributed by atoms with Crippen LogP contribution in [0.15, 0.2) is 54.6 Å². The van der Waals surface area contributed by atoms with Crippen LogP contribution in [0.5, 0.6) is 0 Å². The second kappa shape index (κ2) is 8.70. The van der Waals surface area contributed by atoms with Gasteiger partial charge >= 0.3 is 0 Å². The van der Waals surface area contributed by atoms with Crippen molar-refractivity contribution in [3.8, 4) is 0 Å². The summed E-state index contributed by atoms with van der Waals surface area (Å²) in [6.07, 6.45) is 0.298. The number of carbonyl (C=O) groups excluding carboxylic acids is 1. The monoisotopic (exact) mass is 332 g/mol. The number of carbonyl (C=O) groups is 1. The Hall–Kier alpha value is -1.84. The van der Waals surface area contributed by atoms with Gasteiger partial charge in [0.25, 0.3) is 0 Å². The molecule has 0 fully saturated rings. The maximum atomic E-state index is 12.4. The van der Waals surface area contributed by atoms with Crippen molar-refractivity contribution in [2.24, 2.45) is 5.73 Å². The van der Waals surface area contributed by atoms with E-state index in [0.29, 0.717) is 12.3 Å². The second-order valence-corrected chi connectivity index (χ2v) is 5.92. The fraction of sp³-hybridized carbons (Fsp3) is 0.316. The summed E-state index contributed by atoms with van der Waals surface area (Å²) in [4.78, 5) is 14.1. The summed E-state index contributed by atoms with van der Waals surface area (Å²) < 4.78 is 0. The van der Waals surface area contributed by atoms with Gasteiger partial charge in [-0.2, -0.15) is 0 Å². The topological polar surface area (TPSA) is 46.3 Å². The molecule has 23 heavy (non-hydrogen) atoms. The second-order valence-electron chi connectivity index (χ2n) is 5.92. The zero-order chi connectivity index (χ0) is 16.1. The largest absolute Gasteiger partial charge is 0.324 e. The highest BCUT2D eigenvalue weighted by molar-refractivity contribution is 5.93. The summed E-state index contributed by atoms with van der Waals surface area (Å²) in [6.45, 7) is 4.31. The van der Waals surface area contributed by atoms with Crippen LogP contribution in [0.3, 0.4) is 0 Å². The van der Waals surface area contributed by atoms with E-state index in [1.54, 1.807) is 11.9 Å².